The Balaban J connectivity index is 1.40. The Morgan fingerprint density at radius 3 is 2.73 bits per heavy atom. The summed E-state index contributed by atoms with van der Waals surface area (Å²) in [5.41, 5.74) is 5.91. The molecule has 0 bridgehead atoms. The van der Waals surface area contributed by atoms with Crippen LogP contribution in [0.4, 0.5) is 0 Å². The number of aromatic amines is 1. The van der Waals surface area contributed by atoms with Crippen LogP contribution in [0, 0.1) is 13.8 Å². The van der Waals surface area contributed by atoms with Crippen LogP contribution in [0.25, 0.3) is 17.3 Å². The Kier molecular flexibility index (Phi) is 4.59. The first-order valence-corrected chi connectivity index (χ1v) is 10.1. The van der Waals surface area contributed by atoms with Crippen LogP contribution in [0.2, 0.25) is 0 Å². The molecule has 0 fully saturated rings. The van der Waals surface area contributed by atoms with Crippen LogP contribution in [0.1, 0.15) is 28.2 Å². The fourth-order valence-corrected chi connectivity index (χ4v) is 4.09. The van der Waals surface area contributed by atoms with E-state index in [9.17, 15) is 4.79 Å². The molecule has 0 spiro atoms. The number of aromatic nitrogens is 4. The van der Waals surface area contributed by atoms with Gasteiger partial charge in [0.1, 0.15) is 0 Å². The van der Waals surface area contributed by atoms with E-state index in [0.717, 1.165) is 47.8 Å². The van der Waals surface area contributed by atoms with Crippen molar-refractivity contribution in [2.24, 2.45) is 0 Å². The fourth-order valence-electron chi connectivity index (χ4n) is 4.09. The van der Waals surface area contributed by atoms with E-state index in [0.29, 0.717) is 18.1 Å². The summed E-state index contributed by atoms with van der Waals surface area (Å²) < 4.78 is 7.37. The number of para-hydroxylation sites is 1. The number of hydrogen-bond donors (Lipinski definition) is 1. The molecule has 0 aliphatic carbocycles. The summed E-state index contributed by atoms with van der Waals surface area (Å²) in [4.78, 5) is 22.5. The van der Waals surface area contributed by atoms with Crippen molar-refractivity contribution in [3.05, 3.63) is 87.3 Å². The maximum absolute atomic E-state index is 12.7. The van der Waals surface area contributed by atoms with E-state index in [1.165, 1.54) is 5.56 Å². The standard InChI is InChI=1S/C23H23N5O2/c1-15-18(16(2)28(26-15)17-7-4-3-5-8-17)13-27-11-10-20-19(14-27)23(29)25-22(24-20)21-9-6-12-30-21/h3-9,12H,10-11,13-14H2,1-2H3,(H,24,25,29). The highest BCUT2D eigenvalue weighted by molar-refractivity contribution is 5.47. The SMILES string of the molecule is Cc1nn(-c2ccccc2)c(C)c1CN1CCc2nc(-c3ccco3)[nH]c(=O)c2C1. The van der Waals surface area contributed by atoms with Gasteiger partial charge in [0.25, 0.3) is 5.56 Å². The average molecular weight is 401 g/mol. The molecule has 0 unspecified atom stereocenters. The molecule has 4 aromatic rings. The highest BCUT2D eigenvalue weighted by atomic mass is 16.3. The summed E-state index contributed by atoms with van der Waals surface area (Å²) >= 11 is 0. The molecule has 0 amide bonds. The van der Waals surface area contributed by atoms with Crippen molar-refractivity contribution in [3.63, 3.8) is 0 Å². The molecule has 4 heterocycles. The molecule has 5 rings (SSSR count). The molecule has 0 atom stereocenters. The second-order valence-electron chi connectivity index (χ2n) is 7.67. The Bertz CT molecular complexity index is 1240. The van der Waals surface area contributed by atoms with Gasteiger partial charge in [0.2, 0.25) is 0 Å². The molecule has 1 N–H and O–H groups in total. The normalized spacial score (nSPS) is 14.1. The number of fused-ring (bicyclic) bond motifs is 1. The minimum Gasteiger partial charge on any atom is -0.461 e. The third kappa shape index (κ3) is 3.27. The minimum atomic E-state index is -0.0930. The van der Waals surface area contributed by atoms with E-state index >= 15 is 0 Å². The van der Waals surface area contributed by atoms with E-state index in [4.69, 9.17) is 9.52 Å². The van der Waals surface area contributed by atoms with Crippen molar-refractivity contribution in [1.82, 2.24) is 24.6 Å². The maximum atomic E-state index is 12.7. The molecule has 7 nitrogen and oxygen atoms in total. The summed E-state index contributed by atoms with van der Waals surface area (Å²) in [6.45, 7) is 6.32. The van der Waals surface area contributed by atoms with Crippen LogP contribution >= 0.6 is 0 Å². The molecular weight excluding hydrogens is 378 g/mol. The summed E-state index contributed by atoms with van der Waals surface area (Å²) in [6.07, 6.45) is 2.31. The van der Waals surface area contributed by atoms with Crippen molar-refractivity contribution in [3.8, 4) is 17.3 Å². The Labute approximate surface area is 174 Å². The van der Waals surface area contributed by atoms with Gasteiger partial charge in [0.05, 0.1) is 28.9 Å². The van der Waals surface area contributed by atoms with Crippen LogP contribution in [0.15, 0.2) is 57.9 Å². The summed E-state index contributed by atoms with van der Waals surface area (Å²) in [5.74, 6) is 1.07. The van der Waals surface area contributed by atoms with E-state index < -0.39 is 0 Å². The number of benzene rings is 1. The van der Waals surface area contributed by atoms with Gasteiger partial charge in [0.15, 0.2) is 11.6 Å². The summed E-state index contributed by atoms with van der Waals surface area (Å²) in [6, 6.07) is 13.7. The number of furan rings is 1. The van der Waals surface area contributed by atoms with E-state index in [2.05, 4.69) is 33.9 Å². The van der Waals surface area contributed by atoms with Gasteiger partial charge in [-0.25, -0.2) is 9.67 Å². The second kappa shape index (κ2) is 7.42. The van der Waals surface area contributed by atoms with E-state index in [-0.39, 0.29) is 5.56 Å². The molecule has 1 aliphatic heterocycles. The second-order valence-corrected chi connectivity index (χ2v) is 7.67. The number of hydrogen-bond acceptors (Lipinski definition) is 5. The monoisotopic (exact) mass is 401 g/mol. The zero-order valence-electron chi connectivity index (χ0n) is 17.1. The number of nitrogens with zero attached hydrogens (tertiary/aromatic N) is 4. The predicted octanol–water partition coefficient (Wildman–Crippen LogP) is 3.39. The van der Waals surface area contributed by atoms with Crippen LogP contribution in [-0.4, -0.2) is 31.2 Å². The molecule has 3 aromatic heterocycles. The minimum absolute atomic E-state index is 0.0930. The summed E-state index contributed by atoms with van der Waals surface area (Å²) in [7, 11) is 0. The fraction of sp³-hybridized carbons (Fsp3) is 0.261. The van der Waals surface area contributed by atoms with Crippen LogP contribution in [0.3, 0.4) is 0 Å². The molecule has 0 saturated heterocycles. The topological polar surface area (TPSA) is 80.0 Å². The molecule has 0 saturated carbocycles. The lowest BCUT2D eigenvalue weighted by atomic mass is 10.1. The third-order valence-electron chi connectivity index (χ3n) is 5.73. The lowest BCUT2D eigenvalue weighted by Gasteiger charge is -2.27. The lowest BCUT2D eigenvalue weighted by molar-refractivity contribution is 0.241. The first kappa shape index (κ1) is 18.6. The van der Waals surface area contributed by atoms with E-state index in [1.54, 1.807) is 18.4 Å². The van der Waals surface area contributed by atoms with Gasteiger partial charge in [0, 0.05) is 37.3 Å². The van der Waals surface area contributed by atoms with Gasteiger partial charge in [-0.2, -0.15) is 5.10 Å². The van der Waals surface area contributed by atoms with Gasteiger partial charge >= 0.3 is 0 Å². The Morgan fingerprint density at radius 1 is 1.13 bits per heavy atom. The number of nitrogens with one attached hydrogen (secondary N) is 1. The summed E-state index contributed by atoms with van der Waals surface area (Å²) in [5, 5.41) is 4.75. The van der Waals surface area contributed by atoms with Gasteiger partial charge < -0.3 is 9.40 Å². The molecule has 1 aromatic carbocycles. The molecule has 0 radical (unpaired) electrons. The van der Waals surface area contributed by atoms with Crippen LogP contribution in [0.5, 0.6) is 0 Å². The number of H-pyrrole nitrogens is 1. The van der Waals surface area contributed by atoms with Crippen molar-refractivity contribution < 1.29 is 4.42 Å². The smallest absolute Gasteiger partial charge is 0.256 e. The van der Waals surface area contributed by atoms with Gasteiger partial charge in [-0.05, 0) is 38.1 Å². The lowest BCUT2D eigenvalue weighted by Crippen LogP contribution is -2.35. The molecular formula is C23H23N5O2. The number of aryl methyl sites for hydroxylation is 1. The highest BCUT2D eigenvalue weighted by Gasteiger charge is 2.24. The van der Waals surface area contributed by atoms with Gasteiger partial charge in [-0.1, -0.05) is 18.2 Å². The van der Waals surface area contributed by atoms with Crippen molar-refractivity contribution >= 4 is 0 Å². The molecule has 7 heteroatoms. The first-order chi connectivity index (χ1) is 14.6. The van der Waals surface area contributed by atoms with Crippen molar-refractivity contribution in [1.29, 1.82) is 0 Å². The zero-order valence-corrected chi connectivity index (χ0v) is 17.1. The van der Waals surface area contributed by atoms with Gasteiger partial charge in [-0.15, -0.1) is 0 Å². The Morgan fingerprint density at radius 2 is 1.97 bits per heavy atom. The van der Waals surface area contributed by atoms with Gasteiger partial charge in [-0.3, -0.25) is 9.69 Å². The first-order valence-electron chi connectivity index (χ1n) is 10.1. The molecule has 30 heavy (non-hydrogen) atoms. The maximum Gasteiger partial charge on any atom is 0.256 e. The largest absolute Gasteiger partial charge is 0.461 e. The van der Waals surface area contributed by atoms with Crippen LogP contribution in [-0.2, 0) is 19.5 Å². The predicted molar refractivity (Wildman–Crippen MR) is 113 cm³/mol. The molecule has 152 valence electrons. The van der Waals surface area contributed by atoms with Crippen LogP contribution < -0.4 is 5.56 Å². The zero-order chi connectivity index (χ0) is 20.7. The molecule has 1 aliphatic rings. The number of rotatable bonds is 4. The van der Waals surface area contributed by atoms with Crippen molar-refractivity contribution in [2.45, 2.75) is 33.4 Å². The average Bonchev–Trinajstić information content (AvgIpc) is 3.39. The van der Waals surface area contributed by atoms with Crippen molar-refractivity contribution in [2.75, 3.05) is 6.54 Å². The van der Waals surface area contributed by atoms with E-state index in [1.807, 2.05) is 29.8 Å². The third-order valence-corrected chi connectivity index (χ3v) is 5.73. The quantitative estimate of drug-likeness (QED) is 0.567. The highest BCUT2D eigenvalue weighted by Crippen LogP contribution is 2.23. The Hall–Kier alpha value is -3.45.